The van der Waals surface area contributed by atoms with Gasteiger partial charge in [0, 0.05) is 19.8 Å². The summed E-state index contributed by atoms with van der Waals surface area (Å²) in [6.45, 7) is 6.45. The van der Waals surface area contributed by atoms with E-state index in [0.717, 1.165) is 26.1 Å². The molecule has 0 aliphatic rings. The third-order valence-electron chi connectivity index (χ3n) is 2.69. The smallest absolute Gasteiger partial charge is 0.0466 e. The van der Waals surface area contributed by atoms with E-state index in [4.69, 9.17) is 9.84 Å². The van der Waals surface area contributed by atoms with Crippen molar-refractivity contribution in [1.82, 2.24) is 0 Å². The van der Waals surface area contributed by atoms with Crippen LogP contribution in [0.25, 0.3) is 0 Å². The number of hydrogen-bond donors (Lipinski definition) is 1. The molecule has 2 heteroatoms. The molecule has 0 heterocycles. The van der Waals surface area contributed by atoms with Gasteiger partial charge in [-0.25, -0.2) is 0 Å². The van der Waals surface area contributed by atoms with Crippen LogP contribution in [0, 0.1) is 5.92 Å². The second kappa shape index (κ2) is 12.0. The van der Waals surface area contributed by atoms with E-state index < -0.39 is 0 Å². The highest BCUT2D eigenvalue weighted by atomic mass is 16.5. The summed E-state index contributed by atoms with van der Waals surface area (Å²) in [5, 5.41) is 8.83. The van der Waals surface area contributed by atoms with Crippen molar-refractivity contribution in [3.05, 3.63) is 0 Å². The summed E-state index contributed by atoms with van der Waals surface area (Å²) in [6, 6.07) is 0. The molecule has 1 unspecified atom stereocenters. The summed E-state index contributed by atoms with van der Waals surface area (Å²) in [5.74, 6) is 0.453. The summed E-state index contributed by atoms with van der Waals surface area (Å²) in [4.78, 5) is 0. The zero-order chi connectivity index (χ0) is 11.4. The molecule has 0 rings (SSSR count). The first-order valence-corrected chi connectivity index (χ1v) is 6.49. The monoisotopic (exact) mass is 216 g/mol. The maximum Gasteiger partial charge on any atom is 0.0466 e. The van der Waals surface area contributed by atoms with Crippen LogP contribution in [0.3, 0.4) is 0 Å². The molecule has 1 N–H and O–H groups in total. The van der Waals surface area contributed by atoms with E-state index in [1.54, 1.807) is 0 Å². The lowest BCUT2D eigenvalue weighted by Gasteiger charge is -2.07. The van der Waals surface area contributed by atoms with Gasteiger partial charge in [-0.3, -0.25) is 0 Å². The minimum Gasteiger partial charge on any atom is -0.396 e. The van der Waals surface area contributed by atoms with E-state index >= 15 is 0 Å². The number of aliphatic hydroxyl groups is 1. The van der Waals surface area contributed by atoms with Gasteiger partial charge in [-0.05, 0) is 25.2 Å². The van der Waals surface area contributed by atoms with Crippen LogP contribution in [0.4, 0.5) is 0 Å². The van der Waals surface area contributed by atoms with Crippen molar-refractivity contribution in [2.45, 2.75) is 58.8 Å². The average molecular weight is 216 g/mol. The summed E-state index contributed by atoms with van der Waals surface area (Å²) in [7, 11) is 0. The predicted octanol–water partition coefficient (Wildman–Crippen LogP) is 3.38. The highest BCUT2D eigenvalue weighted by molar-refractivity contribution is 4.50. The van der Waals surface area contributed by atoms with Gasteiger partial charge in [0.25, 0.3) is 0 Å². The van der Waals surface area contributed by atoms with Crippen LogP contribution >= 0.6 is 0 Å². The fourth-order valence-corrected chi connectivity index (χ4v) is 1.52. The first-order valence-electron chi connectivity index (χ1n) is 6.49. The molecular weight excluding hydrogens is 188 g/mol. The quantitative estimate of drug-likeness (QED) is 0.536. The minimum absolute atomic E-state index is 0.317. The van der Waals surface area contributed by atoms with Crippen molar-refractivity contribution in [2.75, 3.05) is 19.8 Å². The van der Waals surface area contributed by atoms with Gasteiger partial charge in [-0.1, -0.05) is 39.5 Å². The molecule has 0 aromatic rings. The van der Waals surface area contributed by atoms with Crippen molar-refractivity contribution in [3.8, 4) is 0 Å². The Morgan fingerprint density at radius 1 is 1.00 bits per heavy atom. The summed E-state index contributed by atoms with van der Waals surface area (Å²) < 4.78 is 5.53. The number of aliphatic hydroxyl groups excluding tert-OH is 1. The second-order valence-electron chi connectivity index (χ2n) is 4.46. The largest absolute Gasteiger partial charge is 0.396 e. The van der Waals surface area contributed by atoms with Crippen molar-refractivity contribution >= 4 is 0 Å². The van der Waals surface area contributed by atoms with Gasteiger partial charge < -0.3 is 9.84 Å². The third kappa shape index (κ3) is 11.8. The number of unbranched alkanes of at least 4 members (excludes halogenated alkanes) is 4. The van der Waals surface area contributed by atoms with E-state index in [2.05, 4.69) is 13.8 Å². The predicted molar refractivity (Wildman–Crippen MR) is 65.1 cm³/mol. The molecule has 0 fully saturated rings. The van der Waals surface area contributed by atoms with Crippen molar-refractivity contribution in [2.24, 2.45) is 5.92 Å². The van der Waals surface area contributed by atoms with Gasteiger partial charge in [0.15, 0.2) is 0 Å². The Hall–Kier alpha value is -0.0800. The van der Waals surface area contributed by atoms with Gasteiger partial charge in [0.1, 0.15) is 0 Å². The van der Waals surface area contributed by atoms with Gasteiger partial charge in [-0.15, -0.1) is 0 Å². The van der Waals surface area contributed by atoms with E-state index in [9.17, 15) is 0 Å². The van der Waals surface area contributed by atoms with Crippen LogP contribution in [0.5, 0.6) is 0 Å². The molecule has 0 radical (unpaired) electrons. The van der Waals surface area contributed by atoms with E-state index in [0.29, 0.717) is 12.5 Å². The first kappa shape index (κ1) is 14.9. The lowest BCUT2D eigenvalue weighted by molar-refractivity contribution is 0.123. The van der Waals surface area contributed by atoms with Crippen LogP contribution in [-0.2, 0) is 4.74 Å². The molecule has 0 bridgehead atoms. The van der Waals surface area contributed by atoms with Crippen LogP contribution in [-0.4, -0.2) is 24.9 Å². The van der Waals surface area contributed by atoms with E-state index in [1.807, 2.05) is 0 Å². The molecule has 1 atom stereocenters. The molecule has 0 aliphatic carbocycles. The van der Waals surface area contributed by atoms with Crippen molar-refractivity contribution < 1.29 is 9.84 Å². The molecule has 92 valence electrons. The van der Waals surface area contributed by atoms with Crippen LogP contribution < -0.4 is 0 Å². The summed E-state index contributed by atoms with van der Waals surface area (Å²) in [6.07, 6.45) is 8.57. The minimum atomic E-state index is 0.317. The molecule has 15 heavy (non-hydrogen) atoms. The standard InChI is InChI=1S/C13H28O2/c1-3-4-5-7-10-15-11-8-6-9-13(2)12-14/h13-14H,3-12H2,1-2H3. The third-order valence-corrected chi connectivity index (χ3v) is 2.69. The van der Waals surface area contributed by atoms with E-state index in [1.165, 1.54) is 32.1 Å². The van der Waals surface area contributed by atoms with Gasteiger partial charge in [-0.2, -0.15) is 0 Å². The van der Waals surface area contributed by atoms with Crippen molar-refractivity contribution in [3.63, 3.8) is 0 Å². The van der Waals surface area contributed by atoms with E-state index in [-0.39, 0.29) is 0 Å². The Morgan fingerprint density at radius 3 is 2.27 bits per heavy atom. The fraction of sp³-hybridized carbons (Fsp3) is 1.00. The number of hydrogen-bond acceptors (Lipinski definition) is 2. The Kier molecular flexibility index (Phi) is 11.9. The fourth-order valence-electron chi connectivity index (χ4n) is 1.52. The zero-order valence-electron chi connectivity index (χ0n) is 10.5. The normalized spacial score (nSPS) is 13.0. The zero-order valence-corrected chi connectivity index (χ0v) is 10.5. The summed E-state index contributed by atoms with van der Waals surface area (Å²) in [5.41, 5.74) is 0. The average Bonchev–Trinajstić information content (AvgIpc) is 2.26. The van der Waals surface area contributed by atoms with Crippen LogP contribution in [0.2, 0.25) is 0 Å². The molecule has 0 amide bonds. The lowest BCUT2D eigenvalue weighted by atomic mass is 10.1. The molecule has 0 saturated heterocycles. The first-order chi connectivity index (χ1) is 7.31. The molecule has 0 spiro atoms. The SMILES string of the molecule is CCCCCCOCCCCC(C)CO. The molecule has 2 nitrogen and oxygen atoms in total. The van der Waals surface area contributed by atoms with Crippen LogP contribution in [0.1, 0.15) is 58.8 Å². The highest BCUT2D eigenvalue weighted by Gasteiger charge is 1.98. The number of rotatable bonds is 11. The Balaban J connectivity index is 2.92. The Morgan fingerprint density at radius 2 is 1.67 bits per heavy atom. The van der Waals surface area contributed by atoms with Crippen molar-refractivity contribution in [1.29, 1.82) is 0 Å². The Labute approximate surface area is 95.0 Å². The van der Waals surface area contributed by atoms with Gasteiger partial charge >= 0.3 is 0 Å². The lowest BCUT2D eigenvalue weighted by Crippen LogP contribution is -2.02. The van der Waals surface area contributed by atoms with Gasteiger partial charge in [0.2, 0.25) is 0 Å². The maximum absolute atomic E-state index is 8.83. The topological polar surface area (TPSA) is 29.5 Å². The molecule has 0 aromatic heterocycles. The molecule has 0 saturated carbocycles. The second-order valence-corrected chi connectivity index (χ2v) is 4.46. The molecular formula is C13H28O2. The molecule has 0 aliphatic heterocycles. The number of ether oxygens (including phenoxy) is 1. The Bertz CT molecular complexity index is 115. The molecule has 0 aromatic carbocycles. The van der Waals surface area contributed by atoms with Gasteiger partial charge in [0.05, 0.1) is 0 Å². The highest BCUT2D eigenvalue weighted by Crippen LogP contribution is 2.06. The summed E-state index contributed by atoms with van der Waals surface area (Å²) >= 11 is 0. The maximum atomic E-state index is 8.83. The van der Waals surface area contributed by atoms with Crippen LogP contribution in [0.15, 0.2) is 0 Å².